The predicted molar refractivity (Wildman–Crippen MR) is 51.2 cm³/mol. The minimum absolute atomic E-state index is 0.360. The van der Waals surface area contributed by atoms with Gasteiger partial charge in [0.05, 0.1) is 6.33 Å². The lowest BCUT2D eigenvalue weighted by molar-refractivity contribution is 0.174. The van der Waals surface area contributed by atoms with E-state index in [2.05, 4.69) is 9.97 Å². The van der Waals surface area contributed by atoms with Crippen molar-refractivity contribution in [2.24, 2.45) is 0 Å². The average molecular weight is 190 g/mol. The number of imidazole rings is 1. The van der Waals surface area contributed by atoms with Crippen LogP contribution in [-0.4, -0.2) is 16.8 Å². The molecule has 1 aromatic heterocycles. The molecule has 1 N–H and O–H groups in total. The Balaban J connectivity index is 0.000000128. The summed E-state index contributed by atoms with van der Waals surface area (Å²) in [5.74, 6) is 1.69. The van der Waals surface area contributed by atoms with E-state index >= 15 is 0 Å². The quantitative estimate of drug-likeness (QED) is 0.689. The third kappa shape index (κ3) is 2.04. The van der Waals surface area contributed by atoms with Crippen molar-refractivity contribution in [3.05, 3.63) is 43.0 Å². The summed E-state index contributed by atoms with van der Waals surface area (Å²) < 4.78 is 10.2. The van der Waals surface area contributed by atoms with Gasteiger partial charge in [-0.05, 0) is 12.1 Å². The van der Waals surface area contributed by atoms with E-state index in [-0.39, 0.29) is 0 Å². The highest BCUT2D eigenvalue weighted by Crippen LogP contribution is 2.30. The van der Waals surface area contributed by atoms with Crippen molar-refractivity contribution in [2.75, 3.05) is 6.79 Å². The number of para-hydroxylation sites is 2. The zero-order valence-electron chi connectivity index (χ0n) is 7.51. The van der Waals surface area contributed by atoms with Gasteiger partial charge in [0.2, 0.25) is 6.79 Å². The fourth-order valence-electron chi connectivity index (χ4n) is 1.06. The Hall–Kier alpha value is -1.97. The number of rotatable bonds is 0. The molecule has 14 heavy (non-hydrogen) atoms. The minimum Gasteiger partial charge on any atom is -0.454 e. The number of benzene rings is 1. The van der Waals surface area contributed by atoms with E-state index in [4.69, 9.17) is 9.47 Å². The molecule has 0 radical (unpaired) electrons. The molecule has 0 saturated carbocycles. The zero-order chi connectivity index (χ0) is 9.64. The van der Waals surface area contributed by atoms with Gasteiger partial charge in [0.1, 0.15) is 0 Å². The Morgan fingerprint density at radius 3 is 2.29 bits per heavy atom. The third-order valence-corrected chi connectivity index (χ3v) is 1.68. The molecular weight excluding hydrogens is 180 g/mol. The Labute approximate surface area is 81.5 Å². The topological polar surface area (TPSA) is 47.1 Å². The molecule has 0 saturated heterocycles. The van der Waals surface area contributed by atoms with Crippen LogP contribution < -0.4 is 9.47 Å². The van der Waals surface area contributed by atoms with Crippen LogP contribution in [0.3, 0.4) is 0 Å². The molecule has 0 bridgehead atoms. The summed E-state index contributed by atoms with van der Waals surface area (Å²) in [4.78, 5) is 6.42. The molecule has 2 aromatic rings. The highest BCUT2D eigenvalue weighted by atomic mass is 16.7. The highest BCUT2D eigenvalue weighted by Gasteiger charge is 2.09. The molecule has 1 aromatic carbocycles. The summed E-state index contributed by atoms with van der Waals surface area (Å²) in [5, 5.41) is 0. The molecule has 72 valence electrons. The smallest absolute Gasteiger partial charge is 0.231 e. The number of ether oxygens (including phenoxy) is 2. The largest absolute Gasteiger partial charge is 0.454 e. The van der Waals surface area contributed by atoms with E-state index in [1.54, 1.807) is 18.7 Å². The van der Waals surface area contributed by atoms with Crippen LogP contribution >= 0.6 is 0 Å². The molecule has 4 nitrogen and oxygen atoms in total. The first kappa shape index (κ1) is 8.62. The van der Waals surface area contributed by atoms with E-state index in [1.807, 2.05) is 24.3 Å². The number of fused-ring (bicyclic) bond motifs is 1. The van der Waals surface area contributed by atoms with Crippen LogP contribution in [0.1, 0.15) is 0 Å². The van der Waals surface area contributed by atoms with Gasteiger partial charge in [0, 0.05) is 12.4 Å². The standard InChI is InChI=1S/C7H6O2.C3H4N2/c1-2-4-7-6(3-1)8-5-9-7;1-2-5-3-4-1/h1-4H,5H2;1-3H,(H,4,5). The Morgan fingerprint density at radius 1 is 1.14 bits per heavy atom. The number of nitrogens with one attached hydrogen (secondary N) is 1. The van der Waals surface area contributed by atoms with Crippen LogP contribution in [0, 0.1) is 0 Å². The third-order valence-electron chi connectivity index (χ3n) is 1.68. The number of aromatic nitrogens is 2. The SMILES string of the molecule is c1c[nH]cn1.c1ccc2c(c1)OCO2. The van der Waals surface area contributed by atoms with E-state index in [0.29, 0.717) is 6.79 Å². The molecule has 1 aliphatic rings. The average Bonchev–Trinajstić information content (AvgIpc) is 2.92. The first-order valence-electron chi connectivity index (χ1n) is 4.24. The monoisotopic (exact) mass is 190 g/mol. The first-order valence-corrected chi connectivity index (χ1v) is 4.24. The van der Waals surface area contributed by atoms with E-state index in [0.717, 1.165) is 11.5 Å². The van der Waals surface area contributed by atoms with Crippen molar-refractivity contribution in [1.82, 2.24) is 9.97 Å². The molecule has 3 rings (SSSR count). The van der Waals surface area contributed by atoms with Crippen LogP contribution in [0.2, 0.25) is 0 Å². The molecule has 1 aliphatic heterocycles. The van der Waals surface area contributed by atoms with Gasteiger partial charge in [-0.15, -0.1) is 0 Å². The second kappa shape index (κ2) is 4.32. The van der Waals surface area contributed by atoms with E-state index in [9.17, 15) is 0 Å². The van der Waals surface area contributed by atoms with Gasteiger partial charge in [0.25, 0.3) is 0 Å². The maximum Gasteiger partial charge on any atom is 0.231 e. The first-order chi connectivity index (χ1) is 6.97. The Bertz CT molecular complexity index is 333. The highest BCUT2D eigenvalue weighted by molar-refractivity contribution is 5.40. The number of aromatic amines is 1. The molecular formula is C10H10N2O2. The fraction of sp³-hybridized carbons (Fsp3) is 0.100. The number of hydrogen-bond acceptors (Lipinski definition) is 3. The van der Waals surface area contributed by atoms with Crippen LogP contribution in [0.4, 0.5) is 0 Å². The minimum atomic E-state index is 0.360. The van der Waals surface area contributed by atoms with Gasteiger partial charge in [-0.2, -0.15) is 0 Å². The summed E-state index contributed by atoms with van der Waals surface area (Å²) in [6, 6.07) is 7.63. The lowest BCUT2D eigenvalue weighted by Gasteiger charge is -1.89. The molecule has 0 unspecified atom stereocenters. The Kier molecular flexibility index (Phi) is 2.66. The van der Waals surface area contributed by atoms with Crippen molar-refractivity contribution < 1.29 is 9.47 Å². The molecule has 0 aliphatic carbocycles. The van der Waals surface area contributed by atoms with Crippen LogP contribution in [0.25, 0.3) is 0 Å². The maximum atomic E-state index is 5.08. The molecule has 0 fully saturated rings. The van der Waals surface area contributed by atoms with E-state index in [1.165, 1.54) is 0 Å². The molecule has 4 heteroatoms. The molecule has 0 atom stereocenters. The van der Waals surface area contributed by atoms with Gasteiger partial charge in [-0.3, -0.25) is 0 Å². The second-order valence-electron chi connectivity index (χ2n) is 2.61. The van der Waals surface area contributed by atoms with Gasteiger partial charge < -0.3 is 14.5 Å². The second-order valence-corrected chi connectivity index (χ2v) is 2.61. The summed E-state index contributed by atoms with van der Waals surface area (Å²) in [7, 11) is 0. The number of nitrogens with zero attached hydrogens (tertiary/aromatic N) is 1. The Morgan fingerprint density at radius 2 is 1.86 bits per heavy atom. The van der Waals surface area contributed by atoms with Crippen molar-refractivity contribution in [3.63, 3.8) is 0 Å². The summed E-state index contributed by atoms with van der Waals surface area (Å²) in [6.45, 7) is 0.360. The van der Waals surface area contributed by atoms with Crippen LogP contribution in [0.5, 0.6) is 11.5 Å². The van der Waals surface area contributed by atoms with Gasteiger partial charge >= 0.3 is 0 Å². The van der Waals surface area contributed by atoms with Gasteiger partial charge in [0.15, 0.2) is 11.5 Å². The van der Waals surface area contributed by atoms with Crippen molar-refractivity contribution >= 4 is 0 Å². The van der Waals surface area contributed by atoms with Gasteiger partial charge in [-0.1, -0.05) is 12.1 Å². The lowest BCUT2D eigenvalue weighted by atomic mass is 10.3. The van der Waals surface area contributed by atoms with Gasteiger partial charge in [-0.25, -0.2) is 4.98 Å². The summed E-state index contributed by atoms with van der Waals surface area (Å²) in [6.07, 6.45) is 5.08. The molecule has 0 spiro atoms. The van der Waals surface area contributed by atoms with Crippen molar-refractivity contribution in [1.29, 1.82) is 0 Å². The number of hydrogen-bond donors (Lipinski definition) is 1. The predicted octanol–water partition coefficient (Wildman–Crippen LogP) is 1.82. The fourth-order valence-corrected chi connectivity index (χ4v) is 1.06. The van der Waals surface area contributed by atoms with E-state index < -0.39 is 0 Å². The molecule has 0 amide bonds. The number of H-pyrrole nitrogens is 1. The van der Waals surface area contributed by atoms with Crippen molar-refractivity contribution in [2.45, 2.75) is 0 Å². The summed E-state index contributed by atoms with van der Waals surface area (Å²) in [5.41, 5.74) is 0. The van der Waals surface area contributed by atoms with Crippen molar-refractivity contribution in [3.8, 4) is 11.5 Å². The molecule has 2 heterocycles. The van der Waals surface area contributed by atoms with Crippen LogP contribution in [0.15, 0.2) is 43.0 Å². The lowest BCUT2D eigenvalue weighted by Crippen LogP contribution is -1.92. The summed E-state index contributed by atoms with van der Waals surface area (Å²) >= 11 is 0. The van der Waals surface area contributed by atoms with Crippen LogP contribution in [-0.2, 0) is 0 Å². The zero-order valence-corrected chi connectivity index (χ0v) is 7.51. The maximum absolute atomic E-state index is 5.08. The normalized spacial score (nSPS) is 11.7.